The van der Waals surface area contributed by atoms with Crippen molar-refractivity contribution in [1.82, 2.24) is 9.55 Å². The Bertz CT molecular complexity index is 734. The summed E-state index contributed by atoms with van der Waals surface area (Å²) >= 11 is 0. The number of aromatic nitrogens is 2. The molecule has 0 fully saturated rings. The molecule has 0 saturated carbocycles. The fraction of sp³-hybridized carbons (Fsp3) is 0.188. The van der Waals surface area contributed by atoms with Crippen LogP contribution < -0.4 is 5.32 Å². The van der Waals surface area contributed by atoms with Crippen molar-refractivity contribution in [3.63, 3.8) is 0 Å². The van der Waals surface area contributed by atoms with Crippen molar-refractivity contribution < 1.29 is 8.81 Å². The van der Waals surface area contributed by atoms with Gasteiger partial charge >= 0.3 is 0 Å². The molecule has 0 spiro atoms. The normalized spacial score (nSPS) is 12.3. The lowest BCUT2D eigenvalue weighted by Gasteiger charge is -2.19. The maximum Gasteiger partial charge on any atom is 0.143 e. The average Bonchev–Trinajstić information content (AvgIpc) is 3.10. The summed E-state index contributed by atoms with van der Waals surface area (Å²) in [5.41, 5.74) is 1.68. The molecule has 5 heteroatoms. The highest BCUT2D eigenvalue weighted by molar-refractivity contribution is 5.53. The van der Waals surface area contributed by atoms with Gasteiger partial charge in [-0.3, -0.25) is 0 Å². The molecule has 0 aliphatic heterocycles. The second-order valence-corrected chi connectivity index (χ2v) is 4.95. The molecule has 1 aromatic carbocycles. The Balaban J connectivity index is 1.99. The highest BCUT2D eigenvalue weighted by Gasteiger charge is 2.21. The number of rotatable bonds is 4. The third-order valence-corrected chi connectivity index (χ3v) is 3.43. The number of hydrogen-bond acceptors (Lipinski definition) is 3. The SMILES string of the molecule is Cc1cc(F)ccc1NC(c1ccco1)c1nccn1C. The van der Waals surface area contributed by atoms with Crippen LogP contribution >= 0.6 is 0 Å². The standard InChI is InChI=1S/C16H16FN3O/c1-11-10-12(17)5-6-13(11)19-15(14-4-3-9-21-14)16-18-7-8-20(16)2/h3-10,15,19H,1-2H3. The molecule has 0 aliphatic rings. The fourth-order valence-corrected chi connectivity index (χ4v) is 2.32. The van der Waals surface area contributed by atoms with Crippen LogP contribution in [0.5, 0.6) is 0 Å². The van der Waals surface area contributed by atoms with Gasteiger partial charge in [-0.05, 0) is 42.8 Å². The number of nitrogens with zero attached hydrogens (tertiary/aromatic N) is 2. The number of furan rings is 1. The van der Waals surface area contributed by atoms with Gasteiger partial charge in [-0.15, -0.1) is 0 Å². The average molecular weight is 285 g/mol. The van der Waals surface area contributed by atoms with Crippen LogP contribution in [0.25, 0.3) is 0 Å². The first-order valence-corrected chi connectivity index (χ1v) is 6.68. The van der Waals surface area contributed by atoms with Crippen LogP contribution in [-0.2, 0) is 7.05 Å². The van der Waals surface area contributed by atoms with Crippen molar-refractivity contribution in [3.8, 4) is 0 Å². The maximum atomic E-state index is 13.2. The van der Waals surface area contributed by atoms with E-state index in [0.717, 1.165) is 22.8 Å². The Morgan fingerprint density at radius 1 is 1.33 bits per heavy atom. The number of aryl methyl sites for hydroxylation is 2. The van der Waals surface area contributed by atoms with Gasteiger partial charge < -0.3 is 14.3 Å². The zero-order valence-electron chi connectivity index (χ0n) is 11.9. The van der Waals surface area contributed by atoms with Gasteiger partial charge in [0.1, 0.15) is 23.4 Å². The summed E-state index contributed by atoms with van der Waals surface area (Å²) in [7, 11) is 1.93. The van der Waals surface area contributed by atoms with Gasteiger partial charge in [-0.25, -0.2) is 9.37 Å². The van der Waals surface area contributed by atoms with Crippen LogP contribution in [-0.4, -0.2) is 9.55 Å². The lowest BCUT2D eigenvalue weighted by Crippen LogP contribution is -2.16. The van der Waals surface area contributed by atoms with E-state index < -0.39 is 0 Å². The third kappa shape index (κ3) is 2.67. The zero-order chi connectivity index (χ0) is 14.8. The van der Waals surface area contributed by atoms with Crippen LogP contribution in [0.15, 0.2) is 53.4 Å². The molecule has 21 heavy (non-hydrogen) atoms. The highest BCUT2D eigenvalue weighted by Crippen LogP contribution is 2.27. The lowest BCUT2D eigenvalue weighted by atomic mass is 10.1. The van der Waals surface area contributed by atoms with Crippen LogP contribution in [0.1, 0.15) is 23.2 Å². The van der Waals surface area contributed by atoms with E-state index in [0.29, 0.717) is 0 Å². The minimum absolute atomic E-state index is 0.232. The van der Waals surface area contributed by atoms with Crippen LogP contribution in [0.3, 0.4) is 0 Å². The van der Waals surface area contributed by atoms with Gasteiger partial charge in [0, 0.05) is 25.1 Å². The van der Waals surface area contributed by atoms with E-state index in [-0.39, 0.29) is 11.9 Å². The number of halogens is 1. The summed E-state index contributed by atoms with van der Waals surface area (Å²) in [5.74, 6) is 1.34. The number of imidazole rings is 1. The molecule has 3 aromatic rings. The Morgan fingerprint density at radius 2 is 2.19 bits per heavy atom. The van der Waals surface area contributed by atoms with E-state index in [4.69, 9.17) is 4.42 Å². The van der Waals surface area contributed by atoms with Crippen molar-refractivity contribution in [1.29, 1.82) is 0 Å². The second kappa shape index (κ2) is 5.44. The van der Waals surface area contributed by atoms with Crippen molar-refractivity contribution in [2.45, 2.75) is 13.0 Å². The van der Waals surface area contributed by atoms with E-state index in [1.807, 2.05) is 36.9 Å². The van der Waals surface area contributed by atoms with Gasteiger partial charge in [0.15, 0.2) is 0 Å². The Kier molecular flexibility index (Phi) is 3.48. The van der Waals surface area contributed by atoms with Crippen LogP contribution in [0, 0.1) is 12.7 Å². The molecule has 0 saturated heterocycles. The van der Waals surface area contributed by atoms with E-state index in [1.54, 1.807) is 18.5 Å². The molecular formula is C16H16FN3O. The third-order valence-electron chi connectivity index (χ3n) is 3.43. The molecule has 2 heterocycles. The smallest absolute Gasteiger partial charge is 0.143 e. The van der Waals surface area contributed by atoms with Crippen LogP contribution in [0.2, 0.25) is 0 Å². The van der Waals surface area contributed by atoms with E-state index in [2.05, 4.69) is 10.3 Å². The summed E-state index contributed by atoms with van der Waals surface area (Å²) in [5, 5.41) is 3.38. The van der Waals surface area contributed by atoms with Crippen molar-refractivity contribution in [2.24, 2.45) is 7.05 Å². The van der Waals surface area contributed by atoms with Gasteiger partial charge in [0.25, 0.3) is 0 Å². The number of benzene rings is 1. The van der Waals surface area contributed by atoms with Gasteiger partial charge in [0.2, 0.25) is 0 Å². The molecular weight excluding hydrogens is 269 g/mol. The summed E-state index contributed by atoms with van der Waals surface area (Å²) in [4.78, 5) is 4.38. The first-order valence-electron chi connectivity index (χ1n) is 6.68. The molecule has 1 unspecified atom stereocenters. The van der Waals surface area contributed by atoms with Crippen molar-refractivity contribution >= 4 is 5.69 Å². The fourth-order valence-electron chi connectivity index (χ4n) is 2.32. The predicted molar refractivity (Wildman–Crippen MR) is 78.5 cm³/mol. The Hall–Kier alpha value is -2.56. The highest BCUT2D eigenvalue weighted by atomic mass is 19.1. The maximum absolute atomic E-state index is 13.2. The molecule has 0 aliphatic carbocycles. The second-order valence-electron chi connectivity index (χ2n) is 4.95. The first kappa shape index (κ1) is 13.4. The molecule has 0 radical (unpaired) electrons. The lowest BCUT2D eigenvalue weighted by molar-refractivity contribution is 0.488. The summed E-state index contributed by atoms with van der Waals surface area (Å²) in [6.07, 6.45) is 5.25. The largest absolute Gasteiger partial charge is 0.467 e. The Labute approximate surface area is 122 Å². The van der Waals surface area contributed by atoms with Crippen LogP contribution in [0.4, 0.5) is 10.1 Å². The Morgan fingerprint density at radius 3 is 2.81 bits per heavy atom. The van der Waals surface area contributed by atoms with Crippen molar-refractivity contribution in [3.05, 3.63) is 72.0 Å². The minimum Gasteiger partial charge on any atom is -0.467 e. The first-order chi connectivity index (χ1) is 10.1. The molecule has 2 aromatic heterocycles. The molecule has 108 valence electrons. The van der Waals surface area contributed by atoms with E-state index in [1.165, 1.54) is 12.1 Å². The summed E-state index contributed by atoms with van der Waals surface area (Å²) in [6, 6.07) is 8.16. The number of nitrogens with one attached hydrogen (secondary N) is 1. The molecule has 0 bridgehead atoms. The molecule has 4 nitrogen and oxygen atoms in total. The quantitative estimate of drug-likeness (QED) is 0.795. The van der Waals surface area contributed by atoms with E-state index in [9.17, 15) is 4.39 Å². The summed E-state index contributed by atoms with van der Waals surface area (Å²) in [6.45, 7) is 1.86. The predicted octanol–water partition coefficient (Wildman–Crippen LogP) is 3.66. The molecule has 1 N–H and O–H groups in total. The molecule has 0 amide bonds. The van der Waals surface area contributed by atoms with Crippen molar-refractivity contribution in [2.75, 3.05) is 5.32 Å². The van der Waals surface area contributed by atoms with E-state index >= 15 is 0 Å². The summed E-state index contributed by atoms with van der Waals surface area (Å²) < 4.78 is 20.7. The van der Waals surface area contributed by atoms with Gasteiger partial charge in [-0.1, -0.05) is 0 Å². The topological polar surface area (TPSA) is 43.0 Å². The van der Waals surface area contributed by atoms with Gasteiger partial charge in [0.05, 0.1) is 6.26 Å². The molecule has 3 rings (SSSR count). The number of hydrogen-bond donors (Lipinski definition) is 1. The minimum atomic E-state index is -0.246. The molecule has 1 atom stereocenters. The van der Waals surface area contributed by atoms with Gasteiger partial charge in [-0.2, -0.15) is 0 Å². The number of anilines is 1. The monoisotopic (exact) mass is 285 g/mol. The zero-order valence-corrected chi connectivity index (χ0v) is 11.9.